The van der Waals surface area contributed by atoms with Crippen LogP contribution in [0.5, 0.6) is 0 Å². The summed E-state index contributed by atoms with van der Waals surface area (Å²) in [6.45, 7) is 4.76. The number of nitrogens with zero attached hydrogens (tertiary/aromatic N) is 1. The zero-order valence-electron chi connectivity index (χ0n) is 30.8. The van der Waals surface area contributed by atoms with E-state index in [1.807, 2.05) is 0 Å². The van der Waals surface area contributed by atoms with Crippen molar-refractivity contribution in [3.8, 4) is 44.5 Å². The van der Waals surface area contributed by atoms with E-state index < -0.39 is 0 Å². The van der Waals surface area contributed by atoms with Gasteiger partial charge in [0.2, 0.25) is 0 Å². The third-order valence-electron chi connectivity index (χ3n) is 12.4. The molecule has 1 aliphatic carbocycles. The van der Waals surface area contributed by atoms with E-state index in [9.17, 15) is 0 Å². The van der Waals surface area contributed by atoms with Crippen LogP contribution >= 0.6 is 0 Å². The number of anilines is 2. The fourth-order valence-corrected chi connectivity index (χ4v) is 9.71. The minimum atomic E-state index is -0.0858. The Balaban J connectivity index is 1.19. The first-order valence-corrected chi connectivity index (χ1v) is 19.1. The maximum atomic E-state index is 2.49. The average molecular weight is 690 g/mol. The second-order valence-electron chi connectivity index (χ2n) is 15.8. The van der Waals surface area contributed by atoms with Crippen LogP contribution in [0, 0.1) is 0 Å². The predicted octanol–water partition coefficient (Wildman–Crippen LogP) is 14.1. The van der Waals surface area contributed by atoms with Crippen LogP contribution in [0.4, 0.5) is 11.4 Å². The summed E-state index contributed by atoms with van der Waals surface area (Å²) in [6.07, 6.45) is 0.949. The molecule has 0 fully saturated rings. The van der Waals surface area contributed by atoms with Gasteiger partial charge in [-0.05, 0) is 129 Å². The molecule has 0 N–H and O–H groups in total. The molecular formula is C53H39N. The zero-order chi connectivity index (χ0) is 36.1. The van der Waals surface area contributed by atoms with Crippen LogP contribution in [0.1, 0.15) is 36.1 Å². The van der Waals surface area contributed by atoms with Gasteiger partial charge in [0, 0.05) is 30.3 Å². The topological polar surface area (TPSA) is 3.24 Å². The maximum Gasteiger partial charge on any atom is 0.0450 e. The lowest BCUT2D eigenvalue weighted by Gasteiger charge is -2.31. The van der Waals surface area contributed by atoms with Crippen LogP contribution in [0.2, 0.25) is 0 Å². The Kier molecular flexibility index (Phi) is 6.64. The first-order chi connectivity index (χ1) is 26.4. The summed E-state index contributed by atoms with van der Waals surface area (Å²) in [5, 5.41) is 7.63. The highest BCUT2D eigenvalue weighted by Crippen LogP contribution is 2.52. The Hall–Kier alpha value is -6.44. The van der Waals surface area contributed by atoms with E-state index in [1.165, 1.54) is 110 Å². The van der Waals surface area contributed by atoms with Gasteiger partial charge in [-0.1, -0.05) is 153 Å². The van der Waals surface area contributed by atoms with Gasteiger partial charge in [-0.25, -0.2) is 0 Å². The number of benzene rings is 9. The molecule has 0 atom stereocenters. The minimum absolute atomic E-state index is 0.0858. The van der Waals surface area contributed by atoms with E-state index in [1.54, 1.807) is 0 Å². The van der Waals surface area contributed by atoms with Gasteiger partial charge >= 0.3 is 0 Å². The molecule has 256 valence electrons. The molecular weight excluding hydrogens is 651 g/mol. The summed E-state index contributed by atoms with van der Waals surface area (Å²) in [5.74, 6) is 0. The number of para-hydroxylation sites is 1. The largest absolute Gasteiger partial charge is 0.344 e. The van der Waals surface area contributed by atoms with E-state index in [4.69, 9.17) is 0 Å². The van der Waals surface area contributed by atoms with Crippen molar-refractivity contribution in [2.75, 3.05) is 11.9 Å². The van der Waals surface area contributed by atoms with Crippen LogP contribution in [0.15, 0.2) is 170 Å². The molecule has 0 radical (unpaired) electrons. The molecule has 9 aromatic rings. The van der Waals surface area contributed by atoms with E-state index in [0.717, 1.165) is 6.42 Å². The lowest BCUT2D eigenvalue weighted by atomic mass is 9.80. The SMILES string of the molecule is CN1c2ccccc2Cc2ccc(-c3c4ccccc4c(-c4ccc5c(c4)C(C)(C)c4ccccc4-5)c4cc(-c5ccc6ccccc6c5)ccc34)cc21. The maximum absolute atomic E-state index is 2.49. The highest BCUT2D eigenvalue weighted by molar-refractivity contribution is 6.22. The average Bonchev–Trinajstić information content (AvgIpc) is 3.45. The van der Waals surface area contributed by atoms with Crippen molar-refractivity contribution in [2.45, 2.75) is 25.7 Å². The van der Waals surface area contributed by atoms with E-state index in [2.05, 4.69) is 196 Å². The third-order valence-corrected chi connectivity index (χ3v) is 12.4. The fraction of sp³-hybridized carbons (Fsp3) is 0.0943. The first kappa shape index (κ1) is 31.1. The molecule has 0 unspecified atom stereocenters. The number of hydrogen-bond acceptors (Lipinski definition) is 1. The van der Waals surface area contributed by atoms with Gasteiger partial charge in [0.1, 0.15) is 0 Å². The lowest BCUT2D eigenvalue weighted by molar-refractivity contribution is 0.660. The van der Waals surface area contributed by atoms with Crippen LogP contribution in [-0.2, 0) is 11.8 Å². The van der Waals surface area contributed by atoms with E-state index >= 15 is 0 Å². The summed E-state index contributed by atoms with van der Waals surface area (Å²) in [7, 11) is 2.21. The van der Waals surface area contributed by atoms with Crippen molar-refractivity contribution >= 4 is 43.7 Å². The van der Waals surface area contributed by atoms with Crippen LogP contribution in [0.3, 0.4) is 0 Å². The number of rotatable bonds is 3. The van der Waals surface area contributed by atoms with Crippen LogP contribution in [-0.4, -0.2) is 7.05 Å². The van der Waals surface area contributed by atoms with Crippen molar-refractivity contribution in [1.29, 1.82) is 0 Å². The Morgan fingerprint density at radius 2 is 1.00 bits per heavy atom. The normalized spacial score (nSPS) is 13.9. The van der Waals surface area contributed by atoms with Crippen molar-refractivity contribution in [2.24, 2.45) is 0 Å². The first-order valence-electron chi connectivity index (χ1n) is 19.1. The monoisotopic (exact) mass is 689 g/mol. The van der Waals surface area contributed by atoms with Gasteiger partial charge in [-0.2, -0.15) is 0 Å². The summed E-state index contributed by atoms with van der Waals surface area (Å²) >= 11 is 0. The van der Waals surface area contributed by atoms with Gasteiger partial charge in [-0.15, -0.1) is 0 Å². The molecule has 0 saturated carbocycles. The molecule has 11 rings (SSSR count). The Labute approximate surface area is 316 Å². The quantitative estimate of drug-likeness (QED) is 0.167. The van der Waals surface area contributed by atoms with Gasteiger partial charge in [0.25, 0.3) is 0 Å². The molecule has 1 heterocycles. The zero-order valence-corrected chi connectivity index (χ0v) is 30.8. The summed E-state index contributed by atoms with van der Waals surface area (Å²) in [4.78, 5) is 2.37. The molecule has 1 nitrogen and oxygen atoms in total. The van der Waals surface area contributed by atoms with Crippen LogP contribution < -0.4 is 4.90 Å². The molecule has 1 aliphatic heterocycles. The van der Waals surface area contributed by atoms with Gasteiger partial charge in [-0.3, -0.25) is 0 Å². The molecule has 0 spiro atoms. The molecule has 0 bridgehead atoms. The third kappa shape index (κ3) is 4.51. The highest BCUT2D eigenvalue weighted by Gasteiger charge is 2.35. The van der Waals surface area contributed by atoms with Crippen molar-refractivity contribution in [3.05, 3.63) is 192 Å². The summed E-state index contributed by atoms with van der Waals surface area (Å²) < 4.78 is 0. The van der Waals surface area contributed by atoms with Gasteiger partial charge in [0.05, 0.1) is 0 Å². The van der Waals surface area contributed by atoms with Crippen LogP contribution in [0.25, 0.3) is 76.8 Å². The second kappa shape index (κ2) is 11.5. The van der Waals surface area contributed by atoms with Crippen molar-refractivity contribution in [1.82, 2.24) is 0 Å². The smallest absolute Gasteiger partial charge is 0.0450 e. The Bertz CT molecular complexity index is 3020. The molecule has 0 amide bonds. The van der Waals surface area contributed by atoms with Gasteiger partial charge in [0.15, 0.2) is 0 Å². The summed E-state index contributed by atoms with van der Waals surface area (Å²) in [6, 6.07) is 63.9. The molecule has 9 aromatic carbocycles. The number of fused-ring (bicyclic) bond motifs is 8. The number of hydrogen-bond donors (Lipinski definition) is 0. The fourth-order valence-electron chi connectivity index (χ4n) is 9.71. The lowest BCUT2D eigenvalue weighted by Crippen LogP contribution is -2.18. The molecule has 2 aliphatic rings. The molecule has 1 heteroatoms. The van der Waals surface area contributed by atoms with Crippen molar-refractivity contribution in [3.63, 3.8) is 0 Å². The van der Waals surface area contributed by atoms with Crippen molar-refractivity contribution < 1.29 is 0 Å². The molecule has 0 aromatic heterocycles. The standard InChI is InChI=1S/C53H39N/c1-53(2)47-18-10-9-15-41(47)42-26-25-39(31-48(42)53)52-44-17-8-7-16-43(44)51(40-23-22-38-29-37-14-6-11-19-49(37)54(3)50(38)32-40)45-27-24-36(30-46(45)52)35-21-20-33-12-4-5-13-34(33)28-35/h4-28,30-32H,29H2,1-3H3. The highest BCUT2D eigenvalue weighted by atomic mass is 15.1. The minimum Gasteiger partial charge on any atom is -0.344 e. The molecule has 54 heavy (non-hydrogen) atoms. The second-order valence-corrected chi connectivity index (χ2v) is 15.8. The Morgan fingerprint density at radius 3 is 1.87 bits per heavy atom. The van der Waals surface area contributed by atoms with E-state index in [-0.39, 0.29) is 5.41 Å². The van der Waals surface area contributed by atoms with Gasteiger partial charge < -0.3 is 4.90 Å². The molecule has 0 saturated heterocycles. The Morgan fingerprint density at radius 1 is 0.407 bits per heavy atom. The summed E-state index contributed by atoms with van der Waals surface area (Å²) in [5.41, 5.74) is 18.3. The van der Waals surface area contributed by atoms with E-state index in [0.29, 0.717) is 0 Å². The predicted molar refractivity (Wildman–Crippen MR) is 230 cm³/mol.